The van der Waals surface area contributed by atoms with E-state index in [2.05, 4.69) is 21.2 Å². The Morgan fingerprint density at radius 3 is 2.52 bits per heavy atom. The summed E-state index contributed by atoms with van der Waals surface area (Å²) >= 11 is 8.75. The first-order valence-electron chi connectivity index (χ1n) is 6.16. The number of aliphatic hydroxyl groups is 1. The fourth-order valence-corrected chi connectivity index (χ4v) is 2.83. The molecule has 0 fully saturated rings. The number of carbonyl (C=O) groups is 2. The van der Waals surface area contributed by atoms with Gasteiger partial charge in [-0.1, -0.05) is 27.5 Å². The SMILES string of the molecule is O=C1C=C(Nc2c(Cl)cc(Br)cc2C(F)(F)F)C(=O)N1CCO. The number of carbonyl (C=O) groups excluding carboxylic acids is 2. The quantitative estimate of drug-likeness (QED) is 0.745. The van der Waals surface area contributed by atoms with Gasteiger partial charge in [-0.2, -0.15) is 13.2 Å². The van der Waals surface area contributed by atoms with Crippen molar-refractivity contribution in [2.45, 2.75) is 6.18 Å². The number of anilines is 1. The first-order chi connectivity index (χ1) is 10.6. The van der Waals surface area contributed by atoms with Crippen LogP contribution in [0.3, 0.4) is 0 Å². The van der Waals surface area contributed by atoms with Gasteiger partial charge in [0.05, 0.1) is 29.4 Å². The molecule has 1 aliphatic rings. The van der Waals surface area contributed by atoms with Crippen LogP contribution in [0.15, 0.2) is 28.4 Å². The van der Waals surface area contributed by atoms with E-state index >= 15 is 0 Å². The number of benzene rings is 1. The van der Waals surface area contributed by atoms with Crippen molar-refractivity contribution in [3.63, 3.8) is 0 Å². The maximum atomic E-state index is 13.1. The number of imide groups is 1. The normalized spacial score (nSPS) is 15.2. The van der Waals surface area contributed by atoms with E-state index in [0.717, 1.165) is 12.1 Å². The predicted octanol–water partition coefficient (Wildman–Crippen LogP) is 2.78. The van der Waals surface area contributed by atoms with Crippen molar-refractivity contribution < 1.29 is 27.9 Å². The Morgan fingerprint density at radius 2 is 1.96 bits per heavy atom. The third kappa shape index (κ3) is 3.67. The minimum absolute atomic E-state index is 0.116. The van der Waals surface area contributed by atoms with E-state index < -0.39 is 35.8 Å². The van der Waals surface area contributed by atoms with Crippen molar-refractivity contribution in [3.05, 3.63) is 39.0 Å². The van der Waals surface area contributed by atoms with Gasteiger partial charge in [0.1, 0.15) is 5.70 Å². The fraction of sp³-hybridized carbons (Fsp3) is 0.231. The number of aliphatic hydroxyl groups excluding tert-OH is 1. The molecule has 1 aromatic carbocycles. The molecule has 0 radical (unpaired) electrons. The van der Waals surface area contributed by atoms with Crippen LogP contribution >= 0.6 is 27.5 Å². The molecule has 23 heavy (non-hydrogen) atoms. The lowest BCUT2D eigenvalue weighted by molar-refractivity contribution is -0.138. The molecular weight excluding hydrogens is 405 g/mol. The zero-order valence-electron chi connectivity index (χ0n) is 11.2. The Hall–Kier alpha value is -1.58. The number of nitrogens with one attached hydrogen (secondary N) is 1. The van der Waals surface area contributed by atoms with Gasteiger partial charge in [-0.05, 0) is 12.1 Å². The van der Waals surface area contributed by atoms with Crippen molar-refractivity contribution in [2.75, 3.05) is 18.5 Å². The van der Waals surface area contributed by atoms with Crippen LogP contribution in [0.5, 0.6) is 0 Å². The van der Waals surface area contributed by atoms with Gasteiger partial charge < -0.3 is 10.4 Å². The molecule has 0 bridgehead atoms. The Balaban J connectivity index is 2.40. The van der Waals surface area contributed by atoms with Crippen LogP contribution in [0.2, 0.25) is 5.02 Å². The minimum atomic E-state index is -4.72. The number of amides is 2. The zero-order chi connectivity index (χ0) is 17.4. The molecule has 5 nitrogen and oxygen atoms in total. The summed E-state index contributed by atoms with van der Waals surface area (Å²) in [5.41, 5.74) is -1.96. The van der Waals surface area contributed by atoms with Crippen LogP contribution in [0, 0.1) is 0 Å². The highest BCUT2D eigenvalue weighted by Gasteiger charge is 2.37. The molecule has 1 aromatic rings. The summed E-state index contributed by atoms with van der Waals surface area (Å²) in [5.74, 6) is -1.57. The Morgan fingerprint density at radius 1 is 1.30 bits per heavy atom. The Bertz CT molecular complexity index is 706. The Kier molecular flexibility index (Phi) is 5.02. The highest BCUT2D eigenvalue weighted by atomic mass is 79.9. The topological polar surface area (TPSA) is 69.6 Å². The van der Waals surface area contributed by atoms with Gasteiger partial charge in [-0.3, -0.25) is 14.5 Å². The van der Waals surface area contributed by atoms with E-state index in [9.17, 15) is 22.8 Å². The van der Waals surface area contributed by atoms with Gasteiger partial charge in [-0.15, -0.1) is 0 Å². The average molecular weight is 414 g/mol. The number of β-amino-alcohol motifs (C(OH)–C–C–N with tert-alkyl or cyclic N) is 1. The van der Waals surface area contributed by atoms with Crippen LogP contribution in [0.1, 0.15) is 5.56 Å². The second kappa shape index (κ2) is 6.50. The minimum Gasteiger partial charge on any atom is -0.395 e. The van der Waals surface area contributed by atoms with Gasteiger partial charge in [0.25, 0.3) is 11.8 Å². The molecule has 0 saturated carbocycles. The number of halogens is 5. The van der Waals surface area contributed by atoms with Crippen molar-refractivity contribution in [2.24, 2.45) is 0 Å². The highest BCUT2D eigenvalue weighted by molar-refractivity contribution is 9.10. The van der Waals surface area contributed by atoms with Crippen LogP contribution in [-0.4, -0.2) is 35.0 Å². The van der Waals surface area contributed by atoms with E-state index in [0.29, 0.717) is 4.90 Å². The number of rotatable bonds is 4. The van der Waals surface area contributed by atoms with Gasteiger partial charge in [0.2, 0.25) is 0 Å². The number of nitrogens with zero attached hydrogens (tertiary/aromatic N) is 1. The van der Waals surface area contributed by atoms with Gasteiger partial charge >= 0.3 is 6.18 Å². The summed E-state index contributed by atoms with van der Waals surface area (Å²) in [4.78, 5) is 24.3. The molecule has 2 N–H and O–H groups in total. The molecular formula is C13H9BrClF3N2O3. The summed E-state index contributed by atoms with van der Waals surface area (Å²) in [7, 11) is 0. The van der Waals surface area contributed by atoms with Crippen molar-refractivity contribution in [1.29, 1.82) is 0 Å². The van der Waals surface area contributed by atoms with Crippen molar-refractivity contribution in [1.82, 2.24) is 4.90 Å². The first kappa shape index (κ1) is 17.8. The molecule has 1 heterocycles. The Labute approximate surface area is 141 Å². The number of hydrogen-bond donors (Lipinski definition) is 2. The molecule has 10 heteroatoms. The fourth-order valence-electron chi connectivity index (χ4n) is 1.97. The summed E-state index contributed by atoms with van der Waals surface area (Å²) in [6.07, 6.45) is -3.86. The first-order valence-corrected chi connectivity index (χ1v) is 7.34. The standard InChI is InChI=1S/C13H9BrClF3N2O3/c14-6-3-7(13(16,17)18)11(8(15)4-6)19-9-5-10(22)20(1-2-21)12(9)23/h3-5,19,21H,1-2H2. The number of alkyl halides is 3. The maximum Gasteiger partial charge on any atom is 0.418 e. The molecule has 0 aromatic heterocycles. The highest BCUT2D eigenvalue weighted by Crippen LogP contribution is 2.41. The van der Waals surface area contributed by atoms with E-state index in [4.69, 9.17) is 16.7 Å². The third-order valence-electron chi connectivity index (χ3n) is 2.95. The lowest BCUT2D eigenvalue weighted by Gasteiger charge is -2.18. The third-order valence-corrected chi connectivity index (χ3v) is 3.71. The lowest BCUT2D eigenvalue weighted by atomic mass is 10.1. The van der Waals surface area contributed by atoms with Crippen molar-refractivity contribution >= 4 is 45.0 Å². The number of hydrogen-bond acceptors (Lipinski definition) is 4. The zero-order valence-corrected chi connectivity index (χ0v) is 13.6. The summed E-state index contributed by atoms with van der Waals surface area (Å²) < 4.78 is 39.5. The van der Waals surface area contributed by atoms with Crippen LogP contribution in [0.25, 0.3) is 0 Å². The molecule has 0 aliphatic carbocycles. The molecule has 124 valence electrons. The predicted molar refractivity (Wildman–Crippen MR) is 79.7 cm³/mol. The van der Waals surface area contributed by atoms with Crippen LogP contribution < -0.4 is 5.32 Å². The molecule has 1 aliphatic heterocycles. The summed E-state index contributed by atoms with van der Waals surface area (Å²) in [6.45, 7) is -0.703. The van der Waals surface area contributed by atoms with E-state index in [1.54, 1.807) is 0 Å². The molecule has 0 saturated heterocycles. The average Bonchev–Trinajstić information content (AvgIpc) is 2.68. The van der Waals surface area contributed by atoms with Crippen LogP contribution in [0.4, 0.5) is 18.9 Å². The maximum absolute atomic E-state index is 13.1. The molecule has 2 rings (SSSR count). The molecule has 0 atom stereocenters. The lowest BCUT2D eigenvalue weighted by Crippen LogP contribution is -2.34. The van der Waals surface area contributed by atoms with Gasteiger partial charge in [0.15, 0.2) is 0 Å². The van der Waals surface area contributed by atoms with E-state index in [1.165, 1.54) is 6.07 Å². The summed E-state index contributed by atoms with van der Waals surface area (Å²) in [6, 6.07) is 2.04. The van der Waals surface area contributed by atoms with Gasteiger partial charge in [0, 0.05) is 10.5 Å². The van der Waals surface area contributed by atoms with E-state index in [1.807, 2.05) is 0 Å². The smallest absolute Gasteiger partial charge is 0.395 e. The molecule has 0 spiro atoms. The van der Waals surface area contributed by atoms with Crippen LogP contribution in [-0.2, 0) is 15.8 Å². The second-order valence-electron chi connectivity index (χ2n) is 4.51. The summed E-state index contributed by atoms with van der Waals surface area (Å²) in [5, 5.41) is 10.8. The van der Waals surface area contributed by atoms with E-state index in [-0.39, 0.29) is 21.7 Å². The second-order valence-corrected chi connectivity index (χ2v) is 5.83. The van der Waals surface area contributed by atoms with Gasteiger partial charge in [-0.25, -0.2) is 0 Å². The molecule has 2 amide bonds. The molecule has 0 unspecified atom stereocenters. The monoisotopic (exact) mass is 412 g/mol. The van der Waals surface area contributed by atoms with Crippen molar-refractivity contribution in [3.8, 4) is 0 Å². The largest absolute Gasteiger partial charge is 0.418 e.